The maximum absolute atomic E-state index is 12.6. The molecule has 1 heterocycles. The number of carbonyl (C=O) groups excluding carboxylic acids is 2. The van der Waals surface area contributed by atoms with Crippen LogP contribution >= 0.6 is 11.6 Å². The van der Waals surface area contributed by atoms with Crippen molar-refractivity contribution in [1.82, 2.24) is 4.90 Å². The number of anilines is 1. The number of aryl methyl sites for hydroxylation is 1. The second kappa shape index (κ2) is 7.79. The molecule has 6 heteroatoms. The van der Waals surface area contributed by atoms with Crippen molar-refractivity contribution in [3.8, 4) is 5.75 Å². The van der Waals surface area contributed by atoms with Crippen LogP contribution in [-0.4, -0.2) is 30.4 Å². The molecule has 0 bridgehead atoms. The number of methoxy groups -OCH3 is 1. The van der Waals surface area contributed by atoms with E-state index in [2.05, 4.69) is 5.32 Å². The van der Waals surface area contributed by atoms with Gasteiger partial charge < -0.3 is 15.0 Å². The number of halogens is 1. The average molecular weight is 373 g/mol. The normalized spacial score (nSPS) is 16.7. The molecule has 2 aromatic carbocycles. The molecule has 2 amide bonds. The quantitative estimate of drug-likeness (QED) is 0.871. The Morgan fingerprint density at radius 2 is 2.08 bits per heavy atom. The molecular weight excluding hydrogens is 352 g/mol. The Kier molecular flexibility index (Phi) is 5.47. The van der Waals surface area contributed by atoms with Crippen LogP contribution in [0.2, 0.25) is 5.02 Å². The van der Waals surface area contributed by atoms with E-state index in [0.29, 0.717) is 18.1 Å². The van der Waals surface area contributed by atoms with Crippen molar-refractivity contribution in [2.24, 2.45) is 5.92 Å². The zero-order chi connectivity index (χ0) is 18.7. The number of carbonyl (C=O) groups is 2. The predicted octanol–water partition coefficient (Wildman–Crippen LogP) is 3.64. The van der Waals surface area contributed by atoms with E-state index in [4.69, 9.17) is 16.3 Å². The highest BCUT2D eigenvalue weighted by Gasteiger charge is 2.34. The molecule has 1 saturated heterocycles. The highest BCUT2D eigenvalue weighted by molar-refractivity contribution is 6.30. The summed E-state index contributed by atoms with van der Waals surface area (Å²) < 4.78 is 5.34. The number of nitrogens with one attached hydrogen (secondary N) is 1. The molecule has 1 aliphatic heterocycles. The third kappa shape index (κ3) is 3.99. The summed E-state index contributed by atoms with van der Waals surface area (Å²) in [5.41, 5.74) is 2.54. The zero-order valence-electron chi connectivity index (χ0n) is 14.8. The molecule has 0 aromatic heterocycles. The highest BCUT2D eigenvalue weighted by atomic mass is 35.5. The highest BCUT2D eigenvalue weighted by Crippen LogP contribution is 2.26. The largest absolute Gasteiger partial charge is 0.496 e. The van der Waals surface area contributed by atoms with Crippen molar-refractivity contribution in [1.29, 1.82) is 0 Å². The van der Waals surface area contributed by atoms with Gasteiger partial charge in [0.15, 0.2) is 0 Å². The third-order valence-electron chi connectivity index (χ3n) is 4.59. The van der Waals surface area contributed by atoms with Gasteiger partial charge in [-0.2, -0.15) is 0 Å². The van der Waals surface area contributed by atoms with E-state index in [1.54, 1.807) is 30.2 Å². The Labute approximate surface area is 157 Å². The van der Waals surface area contributed by atoms with Crippen LogP contribution in [0.25, 0.3) is 0 Å². The number of ether oxygens (including phenoxy) is 1. The summed E-state index contributed by atoms with van der Waals surface area (Å²) in [7, 11) is 1.61. The molecule has 1 atom stereocenters. The van der Waals surface area contributed by atoms with Crippen LogP contribution in [0.4, 0.5) is 5.69 Å². The molecule has 1 N–H and O–H groups in total. The van der Waals surface area contributed by atoms with Crippen LogP contribution in [0.1, 0.15) is 17.5 Å². The summed E-state index contributed by atoms with van der Waals surface area (Å²) in [4.78, 5) is 26.6. The Hall–Kier alpha value is -2.53. The molecule has 0 aliphatic carbocycles. The minimum Gasteiger partial charge on any atom is -0.496 e. The van der Waals surface area contributed by atoms with Crippen LogP contribution in [0.3, 0.4) is 0 Å². The number of nitrogens with zero attached hydrogens (tertiary/aromatic N) is 1. The Morgan fingerprint density at radius 1 is 1.31 bits per heavy atom. The molecule has 1 unspecified atom stereocenters. The lowest BCUT2D eigenvalue weighted by Crippen LogP contribution is -2.28. The van der Waals surface area contributed by atoms with Gasteiger partial charge in [-0.15, -0.1) is 0 Å². The minimum absolute atomic E-state index is 0.0242. The summed E-state index contributed by atoms with van der Waals surface area (Å²) in [6.07, 6.45) is 0.216. The van der Waals surface area contributed by atoms with Gasteiger partial charge in [0, 0.05) is 35.8 Å². The molecule has 0 spiro atoms. The number of likely N-dealkylation sites (tertiary alicyclic amines) is 1. The van der Waals surface area contributed by atoms with Gasteiger partial charge in [-0.25, -0.2) is 0 Å². The molecule has 0 saturated carbocycles. The van der Waals surface area contributed by atoms with Crippen LogP contribution in [0.15, 0.2) is 42.5 Å². The van der Waals surface area contributed by atoms with E-state index in [1.807, 2.05) is 31.2 Å². The topological polar surface area (TPSA) is 58.6 Å². The standard InChI is InChI=1S/C20H21ClN2O3/c1-13-9-16(21)7-8-17(13)22-20(25)15-10-19(24)23(12-15)11-14-5-3-4-6-18(14)26-2/h3-9,15H,10-12H2,1-2H3,(H,22,25). The fraction of sp³-hybridized carbons (Fsp3) is 0.300. The third-order valence-corrected chi connectivity index (χ3v) is 4.82. The van der Waals surface area contributed by atoms with Crippen LogP contribution < -0.4 is 10.1 Å². The van der Waals surface area contributed by atoms with Crippen molar-refractivity contribution in [3.63, 3.8) is 0 Å². The lowest BCUT2D eigenvalue weighted by atomic mass is 10.1. The summed E-state index contributed by atoms with van der Waals surface area (Å²) in [5.74, 6) is 0.201. The first-order chi connectivity index (χ1) is 12.5. The van der Waals surface area contributed by atoms with E-state index in [9.17, 15) is 9.59 Å². The van der Waals surface area contributed by atoms with Gasteiger partial charge in [0.25, 0.3) is 0 Å². The first-order valence-electron chi connectivity index (χ1n) is 8.44. The molecule has 0 radical (unpaired) electrons. The lowest BCUT2D eigenvalue weighted by molar-refractivity contribution is -0.128. The monoisotopic (exact) mass is 372 g/mol. The van der Waals surface area contributed by atoms with Crippen molar-refractivity contribution in [2.45, 2.75) is 19.9 Å². The number of rotatable bonds is 5. The number of para-hydroxylation sites is 1. The maximum Gasteiger partial charge on any atom is 0.229 e. The van der Waals surface area contributed by atoms with Gasteiger partial charge in [0.2, 0.25) is 11.8 Å². The SMILES string of the molecule is COc1ccccc1CN1CC(C(=O)Nc2ccc(Cl)cc2C)CC1=O. The fourth-order valence-electron chi connectivity index (χ4n) is 3.14. The molecule has 2 aromatic rings. The van der Waals surface area contributed by atoms with Crippen LogP contribution in [-0.2, 0) is 16.1 Å². The summed E-state index contributed by atoms with van der Waals surface area (Å²) >= 11 is 5.95. The summed E-state index contributed by atoms with van der Waals surface area (Å²) in [6.45, 7) is 2.72. The number of hydrogen-bond donors (Lipinski definition) is 1. The Balaban J connectivity index is 1.66. The Morgan fingerprint density at radius 3 is 2.81 bits per heavy atom. The van der Waals surface area contributed by atoms with Gasteiger partial charge in [-0.3, -0.25) is 9.59 Å². The number of amides is 2. The van der Waals surface area contributed by atoms with Crippen LogP contribution in [0.5, 0.6) is 5.75 Å². The van der Waals surface area contributed by atoms with Crippen molar-refractivity contribution in [3.05, 3.63) is 58.6 Å². The fourth-order valence-corrected chi connectivity index (χ4v) is 3.37. The van der Waals surface area contributed by atoms with E-state index < -0.39 is 0 Å². The number of benzene rings is 2. The summed E-state index contributed by atoms with van der Waals surface area (Å²) in [6, 6.07) is 12.9. The molecule has 5 nitrogen and oxygen atoms in total. The van der Waals surface area contributed by atoms with Crippen molar-refractivity contribution in [2.75, 3.05) is 19.0 Å². The Bertz CT molecular complexity index is 838. The molecular formula is C20H21ClN2O3. The zero-order valence-corrected chi connectivity index (χ0v) is 15.5. The van der Waals surface area contributed by atoms with Crippen LogP contribution in [0, 0.1) is 12.8 Å². The summed E-state index contributed by atoms with van der Waals surface area (Å²) in [5, 5.41) is 3.53. The molecule has 1 fully saturated rings. The molecule has 136 valence electrons. The second-order valence-corrected chi connectivity index (χ2v) is 6.87. The van der Waals surface area contributed by atoms with Crippen molar-refractivity contribution >= 4 is 29.1 Å². The smallest absolute Gasteiger partial charge is 0.229 e. The van der Waals surface area contributed by atoms with E-state index in [-0.39, 0.29) is 24.2 Å². The number of hydrogen-bond acceptors (Lipinski definition) is 3. The second-order valence-electron chi connectivity index (χ2n) is 6.44. The molecule has 3 rings (SSSR count). The van der Waals surface area contributed by atoms with Gasteiger partial charge in [0.1, 0.15) is 5.75 Å². The van der Waals surface area contributed by atoms with E-state index in [0.717, 1.165) is 22.6 Å². The van der Waals surface area contributed by atoms with E-state index >= 15 is 0 Å². The van der Waals surface area contributed by atoms with Gasteiger partial charge >= 0.3 is 0 Å². The predicted molar refractivity (Wildman–Crippen MR) is 101 cm³/mol. The van der Waals surface area contributed by atoms with Gasteiger partial charge in [-0.1, -0.05) is 29.8 Å². The van der Waals surface area contributed by atoms with Gasteiger partial charge in [0.05, 0.1) is 13.0 Å². The first-order valence-corrected chi connectivity index (χ1v) is 8.82. The maximum atomic E-state index is 12.6. The lowest BCUT2D eigenvalue weighted by Gasteiger charge is -2.18. The van der Waals surface area contributed by atoms with Gasteiger partial charge in [-0.05, 0) is 36.8 Å². The average Bonchev–Trinajstić information content (AvgIpc) is 2.98. The minimum atomic E-state index is -0.368. The first kappa shape index (κ1) is 18.3. The molecule has 26 heavy (non-hydrogen) atoms. The van der Waals surface area contributed by atoms with E-state index in [1.165, 1.54) is 0 Å². The molecule has 1 aliphatic rings. The van der Waals surface area contributed by atoms with Crippen molar-refractivity contribution < 1.29 is 14.3 Å².